The minimum Gasteiger partial charge on any atom is -0.490 e. The van der Waals surface area contributed by atoms with E-state index in [2.05, 4.69) is 5.32 Å². The average Bonchev–Trinajstić information content (AvgIpc) is 3.08. The van der Waals surface area contributed by atoms with Crippen molar-refractivity contribution in [1.29, 1.82) is 0 Å². The molecule has 12 heteroatoms. The number of imide groups is 1. The van der Waals surface area contributed by atoms with E-state index in [1.807, 2.05) is 29.5 Å². The molecular weight excluding hydrogens is 647 g/mol. The van der Waals surface area contributed by atoms with Crippen molar-refractivity contribution < 1.29 is 33.4 Å². The number of rotatable bonds is 10. The van der Waals surface area contributed by atoms with Crippen molar-refractivity contribution in [1.82, 2.24) is 4.90 Å². The van der Waals surface area contributed by atoms with Gasteiger partial charge < -0.3 is 19.5 Å². The Labute approximate surface area is 243 Å². The van der Waals surface area contributed by atoms with Crippen LogP contribution in [0.1, 0.15) is 31.9 Å². The number of benzene rings is 2. The van der Waals surface area contributed by atoms with Gasteiger partial charge in [0.05, 0.1) is 21.2 Å². The molecule has 1 fully saturated rings. The Kier molecular flexibility index (Phi) is 10.5. The number of esters is 1. The zero-order chi connectivity index (χ0) is 28.0. The molecule has 1 aliphatic rings. The first kappa shape index (κ1) is 29.8. The molecule has 3 amide bonds. The normalized spacial score (nSPS) is 14.3. The number of amides is 3. The van der Waals surface area contributed by atoms with Crippen LogP contribution in [0, 0.1) is 10.5 Å². The molecule has 0 unspecified atom stereocenters. The van der Waals surface area contributed by atoms with Crippen LogP contribution in [0.5, 0.6) is 11.5 Å². The first-order chi connectivity index (χ1) is 18.0. The van der Waals surface area contributed by atoms with E-state index in [1.165, 1.54) is 0 Å². The number of aryl methyl sites for hydroxylation is 1. The maximum atomic E-state index is 12.8. The molecule has 1 N–H and O–H groups in total. The number of ether oxygens (including phenoxy) is 3. The molecule has 38 heavy (non-hydrogen) atoms. The summed E-state index contributed by atoms with van der Waals surface area (Å²) < 4.78 is 17.2. The summed E-state index contributed by atoms with van der Waals surface area (Å²) in [4.78, 5) is 50.5. The summed E-state index contributed by atoms with van der Waals surface area (Å²) in [5, 5.41) is 2.73. The molecule has 1 aliphatic heterocycles. The van der Waals surface area contributed by atoms with Crippen LogP contribution in [-0.4, -0.2) is 53.8 Å². The molecule has 202 valence electrons. The topological polar surface area (TPSA) is 111 Å². The van der Waals surface area contributed by atoms with E-state index in [9.17, 15) is 19.2 Å². The number of carbonyl (C=O) groups excluding carboxylic acids is 4. The first-order valence-corrected chi connectivity index (χ1v) is 13.9. The van der Waals surface area contributed by atoms with Gasteiger partial charge in [0, 0.05) is 10.7 Å². The summed E-state index contributed by atoms with van der Waals surface area (Å²) in [6.45, 7) is 6.65. The zero-order valence-electron chi connectivity index (χ0n) is 21.1. The Morgan fingerprint density at radius 1 is 1.18 bits per heavy atom. The smallest absolute Gasteiger partial charge is 0.326 e. The molecular formula is C26H26ClIN2O7S. The molecule has 3 rings (SSSR count). The highest BCUT2D eigenvalue weighted by molar-refractivity contribution is 14.1. The van der Waals surface area contributed by atoms with Gasteiger partial charge in [-0.05, 0) is 104 Å². The second kappa shape index (κ2) is 13.3. The maximum absolute atomic E-state index is 12.8. The fourth-order valence-corrected chi connectivity index (χ4v) is 5.10. The molecule has 0 aromatic heterocycles. The SMILES string of the molecule is CCOc1cc(/C=C2\SC(=O)N(CC(=O)OC(C)C)C2=O)cc(I)c1OCC(=O)Nc1ccc(C)c(Cl)c1. The monoisotopic (exact) mass is 672 g/mol. The Balaban J connectivity index is 1.74. The van der Waals surface area contributed by atoms with Crippen LogP contribution < -0.4 is 14.8 Å². The quantitative estimate of drug-likeness (QED) is 0.196. The summed E-state index contributed by atoms with van der Waals surface area (Å²) in [5.74, 6) is -0.880. The number of halogens is 2. The number of anilines is 1. The number of hydrogen-bond acceptors (Lipinski definition) is 8. The van der Waals surface area contributed by atoms with Gasteiger partial charge in [0.2, 0.25) is 0 Å². The third-order valence-corrected chi connectivity index (χ3v) is 7.08. The lowest BCUT2D eigenvalue weighted by molar-refractivity contribution is -0.149. The highest BCUT2D eigenvalue weighted by atomic mass is 127. The van der Waals surface area contributed by atoms with Crippen LogP contribution in [0.3, 0.4) is 0 Å². The van der Waals surface area contributed by atoms with E-state index in [4.69, 9.17) is 25.8 Å². The summed E-state index contributed by atoms with van der Waals surface area (Å²) >= 11 is 8.90. The van der Waals surface area contributed by atoms with Gasteiger partial charge in [0.25, 0.3) is 17.1 Å². The number of carbonyl (C=O) groups is 4. The fraction of sp³-hybridized carbons (Fsp3) is 0.308. The van der Waals surface area contributed by atoms with Gasteiger partial charge >= 0.3 is 5.97 Å². The van der Waals surface area contributed by atoms with Gasteiger partial charge in [-0.3, -0.25) is 24.1 Å². The Morgan fingerprint density at radius 2 is 1.92 bits per heavy atom. The van der Waals surface area contributed by atoms with Gasteiger partial charge in [-0.2, -0.15) is 0 Å². The van der Waals surface area contributed by atoms with Gasteiger partial charge in [0.15, 0.2) is 18.1 Å². The molecule has 0 bridgehead atoms. The summed E-state index contributed by atoms with van der Waals surface area (Å²) in [5.41, 5.74) is 2.03. The van der Waals surface area contributed by atoms with Crippen LogP contribution in [0.2, 0.25) is 5.02 Å². The van der Waals surface area contributed by atoms with Crippen LogP contribution >= 0.6 is 46.0 Å². The molecule has 1 saturated heterocycles. The maximum Gasteiger partial charge on any atom is 0.326 e. The standard InChI is InChI=1S/C26H26ClIN2O7S/c1-5-35-20-9-16(10-21-25(33)30(26(34)38-21)12-23(32)37-14(2)3)8-19(28)24(20)36-13-22(31)29-17-7-6-15(4)18(27)11-17/h6-11,14H,5,12-13H2,1-4H3,(H,29,31)/b21-10-. The van der Waals surface area contributed by atoms with Crippen LogP contribution in [0.4, 0.5) is 10.5 Å². The number of hydrogen-bond donors (Lipinski definition) is 1. The number of nitrogens with one attached hydrogen (secondary N) is 1. The summed E-state index contributed by atoms with van der Waals surface area (Å²) in [6, 6.07) is 8.60. The molecule has 2 aromatic carbocycles. The Bertz CT molecular complexity index is 1300. The highest BCUT2D eigenvalue weighted by Crippen LogP contribution is 2.37. The van der Waals surface area contributed by atoms with Crippen LogP contribution in [-0.2, 0) is 19.1 Å². The number of nitrogens with zero attached hydrogens (tertiary/aromatic N) is 1. The molecule has 9 nitrogen and oxygen atoms in total. The van der Waals surface area contributed by atoms with Crippen molar-refractivity contribution in [2.75, 3.05) is 25.1 Å². The van der Waals surface area contributed by atoms with Crippen molar-refractivity contribution >= 4 is 80.7 Å². The summed E-state index contributed by atoms with van der Waals surface area (Å²) in [7, 11) is 0. The molecule has 0 aliphatic carbocycles. The minimum atomic E-state index is -0.659. The Morgan fingerprint density at radius 3 is 2.58 bits per heavy atom. The van der Waals surface area contributed by atoms with Crippen molar-refractivity contribution in [3.8, 4) is 11.5 Å². The van der Waals surface area contributed by atoms with E-state index in [0.29, 0.717) is 37.9 Å². The van der Waals surface area contributed by atoms with Gasteiger partial charge in [0.1, 0.15) is 6.54 Å². The number of thioether (sulfide) groups is 1. The second-order valence-corrected chi connectivity index (χ2v) is 10.9. The van der Waals surface area contributed by atoms with E-state index < -0.39 is 23.7 Å². The Hall–Kier alpha value is -2.77. The molecule has 0 atom stereocenters. The van der Waals surface area contributed by atoms with Gasteiger partial charge in [-0.15, -0.1) is 0 Å². The van der Waals surface area contributed by atoms with Gasteiger partial charge in [-0.25, -0.2) is 0 Å². The van der Waals surface area contributed by atoms with Crippen LogP contribution in [0.15, 0.2) is 35.2 Å². The largest absolute Gasteiger partial charge is 0.490 e. The average molecular weight is 673 g/mol. The van der Waals surface area contributed by atoms with E-state index in [1.54, 1.807) is 57.2 Å². The highest BCUT2D eigenvalue weighted by Gasteiger charge is 2.37. The lowest BCUT2D eigenvalue weighted by Gasteiger charge is -2.15. The second-order valence-electron chi connectivity index (χ2n) is 8.37. The van der Waals surface area contributed by atoms with Gasteiger partial charge in [-0.1, -0.05) is 17.7 Å². The van der Waals surface area contributed by atoms with Crippen molar-refractivity contribution in [2.24, 2.45) is 0 Å². The van der Waals surface area contributed by atoms with Crippen LogP contribution in [0.25, 0.3) is 6.08 Å². The lowest BCUT2D eigenvalue weighted by atomic mass is 10.2. The lowest BCUT2D eigenvalue weighted by Crippen LogP contribution is -2.35. The predicted octanol–water partition coefficient (Wildman–Crippen LogP) is 5.66. The van der Waals surface area contributed by atoms with Crippen molar-refractivity contribution in [3.63, 3.8) is 0 Å². The predicted molar refractivity (Wildman–Crippen MR) is 155 cm³/mol. The molecule has 0 radical (unpaired) electrons. The first-order valence-electron chi connectivity index (χ1n) is 11.6. The van der Waals surface area contributed by atoms with Crippen molar-refractivity contribution in [3.05, 3.63) is 55.0 Å². The van der Waals surface area contributed by atoms with E-state index >= 15 is 0 Å². The van der Waals surface area contributed by atoms with E-state index in [-0.39, 0.29) is 23.5 Å². The van der Waals surface area contributed by atoms with Crippen molar-refractivity contribution in [2.45, 2.75) is 33.8 Å². The minimum absolute atomic E-state index is 0.162. The summed E-state index contributed by atoms with van der Waals surface area (Å²) in [6.07, 6.45) is 1.19. The molecule has 2 aromatic rings. The zero-order valence-corrected chi connectivity index (χ0v) is 24.9. The third-order valence-electron chi connectivity index (χ3n) is 4.96. The molecule has 1 heterocycles. The third kappa shape index (κ3) is 7.87. The molecule has 0 spiro atoms. The molecule has 0 saturated carbocycles. The van der Waals surface area contributed by atoms with E-state index in [0.717, 1.165) is 22.2 Å². The fourth-order valence-electron chi connectivity index (χ4n) is 3.30.